The summed E-state index contributed by atoms with van der Waals surface area (Å²) in [6.45, 7) is 3.58. The van der Waals surface area contributed by atoms with Crippen molar-refractivity contribution in [3.8, 4) is 0 Å². The first kappa shape index (κ1) is 13.1. The van der Waals surface area contributed by atoms with E-state index in [1.165, 1.54) is 12.8 Å². The van der Waals surface area contributed by atoms with Crippen LogP contribution in [-0.2, 0) is 4.79 Å². The van der Waals surface area contributed by atoms with E-state index in [9.17, 15) is 4.79 Å². The molecule has 108 valence electrons. The smallest absolute Gasteiger partial charge is 0.306 e. The van der Waals surface area contributed by atoms with E-state index in [0.29, 0.717) is 12.8 Å². The van der Waals surface area contributed by atoms with Gasteiger partial charge in [0.15, 0.2) is 0 Å². The van der Waals surface area contributed by atoms with Gasteiger partial charge in [-0.15, -0.1) is 0 Å². The molecule has 0 amide bonds. The average Bonchev–Trinajstić information content (AvgIpc) is 3.02. The van der Waals surface area contributed by atoms with Gasteiger partial charge in [0, 0.05) is 32.4 Å². The van der Waals surface area contributed by atoms with E-state index in [-0.39, 0.29) is 5.92 Å². The first-order valence-corrected chi connectivity index (χ1v) is 7.30. The lowest BCUT2D eigenvalue weighted by molar-refractivity contribution is -0.142. The summed E-state index contributed by atoms with van der Waals surface area (Å²) in [7, 11) is 0. The number of carboxylic acids is 1. The zero-order chi connectivity index (χ0) is 13.9. The van der Waals surface area contributed by atoms with Gasteiger partial charge < -0.3 is 14.9 Å². The van der Waals surface area contributed by atoms with Crippen LogP contribution in [0, 0.1) is 5.92 Å². The second-order valence-electron chi connectivity index (χ2n) is 5.51. The third-order valence-electron chi connectivity index (χ3n) is 4.19. The number of hydrogen-bond donors (Lipinski definition) is 1. The minimum absolute atomic E-state index is 0.215. The Hall–Kier alpha value is -1.85. The van der Waals surface area contributed by atoms with Gasteiger partial charge >= 0.3 is 5.97 Å². The number of aromatic nitrogens is 2. The number of nitrogens with zero attached hydrogens (tertiary/aromatic N) is 4. The molecule has 0 aromatic carbocycles. The van der Waals surface area contributed by atoms with Crippen LogP contribution in [0.2, 0.25) is 0 Å². The molecule has 6 nitrogen and oxygen atoms in total. The maximum atomic E-state index is 11.0. The van der Waals surface area contributed by atoms with Crippen molar-refractivity contribution in [2.45, 2.75) is 25.7 Å². The highest BCUT2D eigenvalue weighted by Crippen LogP contribution is 2.23. The molecular weight excluding hydrogens is 256 g/mol. The number of anilines is 2. The summed E-state index contributed by atoms with van der Waals surface area (Å²) in [6.07, 6.45) is 5.60. The first-order valence-electron chi connectivity index (χ1n) is 7.30. The molecule has 0 aliphatic carbocycles. The molecule has 2 saturated heterocycles. The van der Waals surface area contributed by atoms with Crippen molar-refractivity contribution < 1.29 is 9.90 Å². The lowest BCUT2D eigenvalue weighted by Gasteiger charge is -2.30. The Morgan fingerprint density at radius 3 is 2.50 bits per heavy atom. The van der Waals surface area contributed by atoms with Crippen molar-refractivity contribution in [1.29, 1.82) is 0 Å². The third kappa shape index (κ3) is 2.69. The fraction of sp³-hybridized carbons (Fsp3) is 0.643. The van der Waals surface area contributed by atoms with Crippen LogP contribution in [0.15, 0.2) is 12.3 Å². The van der Waals surface area contributed by atoms with Gasteiger partial charge in [-0.2, -0.15) is 4.98 Å². The Bertz CT molecular complexity index is 480. The topological polar surface area (TPSA) is 69.6 Å². The highest BCUT2D eigenvalue weighted by Gasteiger charge is 2.26. The van der Waals surface area contributed by atoms with Gasteiger partial charge in [0.1, 0.15) is 5.82 Å². The number of hydrogen-bond acceptors (Lipinski definition) is 5. The van der Waals surface area contributed by atoms with Crippen LogP contribution in [0.1, 0.15) is 25.7 Å². The van der Waals surface area contributed by atoms with E-state index in [1.54, 1.807) is 6.20 Å². The minimum Gasteiger partial charge on any atom is -0.481 e. The number of carboxylic acid groups (broad SMARTS) is 1. The molecule has 20 heavy (non-hydrogen) atoms. The molecule has 0 unspecified atom stereocenters. The molecule has 1 aromatic rings. The molecule has 2 fully saturated rings. The van der Waals surface area contributed by atoms with E-state index < -0.39 is 5.97 Å². The normalized spacial score (nSPS) is 20.4. The van der Waals surface area contributed by atoms with E-state index in [1.807, 2.05) is 6.07 Å². The summed E-state index contributed by atoms with van der Waals surface area (Å²) in [5.74, 6) is 0.829. The number of carbonyl (C=O) groups is 1. The molecule has 3 heterocycles. The van der Waals surface area contributed by atoms with Crippen LogP contribution >= 0.6 is 0 Å². The SMILES string of the molecule is O=C(O)C1CCN(c2nccc(N3CCCC3)n2)CC1. The molecule has 6 heteroatoms. The average molecular weight is 276 g/mol. The van der Waals surface area contributed by atoms with Crippen LogP contribution in [0.25, 0.3) is 0 Å². The molecular formula is C14H20N4O2. The van der Waals surface area contributed by atoms with Crippen molar-refractivity contribution >= 4 is 17.7 Å². The maximum absolute atomic E-state index is 11.0. The standard InChI is InChI=1S/C14H20N4O2/c19-13(20)11-4-9-18(10-5-11)14-15-6-3-12(16-14)17-7-1-2-8-17/h3,6,11H,1-2,4-5,7-10H2,(H,19,20). The summed E-state index contributed by atoms with van der Waals surface area (Å²) in [4.78, 5) is 24.3. The summed E-state index contributed by atoms with van der Waals surface area (Å²) < 4.78 is 0. The van der Waals surface area contributed by atoms with Gasteiger partial charge in [-0.3, -0.25) is 4.79 Å². The van der Waals surface area contributed by atoms with Crippen molar-refractivity contribution in [2.24, 2.45) is 5.92 Å². The lowest BCUT2D eigenvalue weighted by Crippen LogP contribution is -2.37. The quantitative estimate of drug-likeness (QED) is 0.899. The Balaban J connectivity index is 1.68. The molecule has 0 saturated carbocycles. The molecule has 2 aliphatic rings. The van der Waals surface area contributed by atoms with Crippen molar-refractivity contribution in [1.82, 2.24) is 9.97 Å². The Morgan fingerprint density at radius 1 is 1.15 bits per heavy atom. The molecule has 1 aromatic heterocycles. The molecule has 0 bridgehead atoms. The zero-order valence-electron chi connectivity index (χ0n) is 11.5. The monoisotopic (exact) mass is 276 g/mol. The van der Waals surface area contributed by atoms with Crippen LogP contribution in [0.5, 0.6) is 0 Å². The lowest BCUT2D eigenvalue weighted by atomic mass is 9.97. The largest absolute Gasteiger partial charge is 0.481 e. The van der Waals surface area contributed by atoms with Gasteiger partial charge in [0.25, 0.3) is 0 Å². The molecule has 3 rings (SSSR count). The van der Waals surface area contributed by atoms with E-state index in [4.69, 9.17) is 5.11 Å². The third-order valence-corrected chi connectivity index (χ3v) is 4.19. The van der Waals surface area contributed by atoms with Gasteiger partial charge in [-0.1, -0.05) is 0 Å². The maximum Gasteiger partial charge on any atom is 0.306 e. The minimum atomic E-state index is -0.684. The summed E-state index contributed by atoms with van der Waals surface area (Å²) in [5, 5.41) is 9.03. The van der Waals surface area contributed by atoms with Gasteiger partial charge in [-0.25, -0.2) is 4.98 Å². The van der Waals surface area contributed by atoms with Gasteiger partial charge in [0.2, 0.25) is 5.95 Å². The molecule has 0 atom stereocenters. The summed E-state index contributed by atoms with van der Waals surface area (Å²) in [5.41, 5.74) is 0. The Morgan fingerprint density at radius 2 is 1.85 bits per heavy atom. The second kappa shape index (κ2) is 5.64. The Labute approximate surface area is 118 Å². The van der Waals surface area contributed by atoms with Gasteiger partial charge in [0.05, 0.1) is 5.92 Å². The zero-order valence-corrected chi connectivity index (χ0v) is 11.5. The number of aliphatic carboxylic acids is 1. The van der Waals surface area contributed by atoms with Gasteiger partial charge in [-0.05, 0) is 31.7 Å². The number of piperidine rings is 1. The van der Waals surface area contributed by atoms with Crippen molar-refractivity contribution in [2.75, 3.05) is 36.0 Å². The van der Waals surface area contributed by atoms with Crippen LogP contribution in [0.3, 0.4) is 0 Å². The predicted molar refractivity (Wildman–Crippen MR) is 76.1 cm³/mol. The highest BCUT2D eigenvalue weighted by molar-refractivity contribution is 5.70. The fourth-order valence-corrected chi connectivity index (χ4v) is 2.94. The first-order chi connectivity index (χ1) is 9.74. The fourth-order valence-electron chi connectivity index (χ4n) is 2.94. The second-order valence-corrected chi connectivity index (χ2v) is 5.51. The van der Waals surface area contributed by atoms with Crippen molar-refractivity contribution in [3.63, 3.8) is 0 Å². The molecule has 0 spiro atoms. The van der Waals surface area contributed by atoms with E-state index >= 15 is 0 Å². The molecule has 1 N–H and O–H groups in total. The van der Waals surface area contributed by atoms with Crippen LogP contribution in [0.4, 0.5) is 11.8 Å². The Kier molecular flexibility index (Phi) is 3.71. The molecule has 0 radical (unpaired) electrons. The summed E-state index contributed by atoms with van der Waals surface area (Å²) >= 11 is 0. The summed E-state index contributed by atoms with van der Waals surface area (Å²) in [6, 6.07) is 1.96. The predicted octanol–water partition coefficient (Wildman–Crippen LogP) is 1.38. The van der Waals surface area contributed by atoms with E-state index in [2.05, 4.69) is 19.8 Å². The van der Waals surface area contributed by atoms with Crippen molar-refractivity contribution in [3.05, 3.63) is 12.3 Å². The van der Waals surface area contributed by atoms with Crippen LogP contribution < -0.4 is 9.80 Å². The molecule has 2 aliphatic heterocycles. The highest BCUT2D eigenvalue weighted by atomic mass is 16.4. The van der Waals surface area contributed by atoms with Crippen LogP contribution in [-0.4, -0.2) is 47.2 Å². The van der Waals surface area contributed by atoms with E-state index in [0.717, 1.165) is 37.9 Å². The number of rotatable bonds is 3.